The molecule has 0 unspecified atom stereocenters. The van der Waals surface area contributed by atoms with Crippen LogP contribution < -0.4 is 15.4 Å². The van der Waals surface area contributed by atoms with Crippen molar-refractivity contribution in [3.63, 3.8) is 0 Å². The van der Waals surface area contributed by atoms with Crippen LogP contribution in [0.5, 0.6) is 5.75 Å². The van der Waals surface area contributed by atoms with E-state index in [4.69, 9.17) is 4.74 Å². The third-order valence-electron chi connectivity index (χ3n) is 3.50. The van der Waals surface area contributed by atoms with Gasteiger partial charge in [-0.05, 0) is 38.1 Å². The Morgan fingerprint density at radius 1 is 1.28 bits per heavy atom. The van der Waals surface area contributed by atoms with Crippen molar-refractivity contribution < 1.29 is 14.3 Å². The molecular weight excluding hydrogens is 342 g/mol. The van der Waals surface area contributed by atoms with Gasteiger partial charge in [-0.2, -0.15) is 0 Å². The number of hydrogen-bond acceptors (Lipinski definition) is 6. The number of aromatic nitrogens is 3. The number of ether oxygens (including phenoxy) is 1. The molecule has 0 saturated carbocycles. The predicted molar refractivity (Wildman–Crippen MR) is 95.6 cm³/mol. The molecule has 2 aromatic rings. The highest BCUT2D eigenvalue weighted by molar-refractivity contribution is 8.00. The first kappa shape index (κ1) is 18.8. The van der Waals surface area contributed by atoms with Gasteiger partial charge in [0.2, 0.25) is 5.91 Å². The van der Waals surface area contributed by atoms with E-state index in [1.807, 2.05) is 35.8 Å². The molecule has 134 valence electrons. The molecule has 25 heavy (non-hydrogen) atoms. The van der Waals surface area contributed by atoms with E-state index in [-0.39, 0.29) is 5.91 Å². The number of thioether (sulfide) groups is 1. The minimum absolute atomic E-state index is 0.388. The van der Waals surface area contributed by atoms with Crippen LogP contribution in [-0.2, 0) is 11.3 Å². The number of methoxy groups -OCH3 is 1. The van der Waals surface area contributed by atoms with Gasteiger partial charge in [0, 0.05) is 19.2 Å². The Kier molecular flexibility index (Phi) is 6.40. The highest BCUT2D eigenvalue weighted by atomic mass is 32.2. The molecule has 0 spiro atoms. The molecule has 2 N–H and O–H groups in total. The van der Waals surface area contributed by atoms with E-state index in [2.05, 4.69) is 20.8 Å². The zero-order chi connectivity index (χ0) is 18.4. The summed E-state index contributed by atoms with van der Waals surface area (Å²) in [5, 5.41) is 13.2. The molecule has 0 bridgehead atoms. The standard InChI is InChI=1S/C16H21N5O3S/c1-5-21-13(11-6-8-12(24-4)9-7-11)19-20-16(21)25-10(2)14(22)18-15(23)17-3/h6-10H,5H2,1-4H3,(H2,17,18,22,23)/t10-/m0/s1. The second-order valence-electron chi connectivity index (χ2n) is 5.11. The van der Waals surface area contributed by atoms with Gasteiger partial charge in [0.1, 0.15) is 5.75 Å². The van der Waals surface area contributed by atoms with Gasteiger partial charge in [0.05, 0.1) is 12.4 Å². The Labute approximate surface area is 150 Å². The number of amides is 3. The Balaban J connectivity index is 2.18. The van der Waals surface area contributed by atoms with Crippen molar-refractivity contribution in [1.82, 2.24) is 25.4 Å². The number of nitrogens with zero attached hydrogens (tertiary/aromatic N) is 3. The maximum absolute atomic E-state index is 12.0. The molecule has 0 radical (unpaired) electrons. The van der Waals surface area contributed by atoms with Crippen molar-refractivity contribution in [2.45, 2.75) is 30.8 Å². The van der Waals surface area contributed by atoms with E-state index in [0.717, 1.165) is 11.3 Å². The average molecular weight is 363 g/mol. The third kappa shape index (κ3) is 4.50. The van der Waals surface area contributed by atoms with Crippen LogP contribution in [0, 0.1) is 0 Å². The lowest BCUT2D eigenvalue weighted by atomic mass is 10.2. The second-order valence-corrected chi connectivity index (χ2v) is 6.42. The fraction of sp³-hybridized carbons (Fsp3) is 0.375. The smallest absolute Gasteiger partial charge is 0.321 e. The summed E-state index contributed by atoms with van der Waals surface area (Å²) in [5.41, 5.74) is 0.907. The summed E-state index contributed by atoms with van der Waals surface area (Å²) in [6.45, 7) is 4.35. The Morgan fingerprint density at radius 2 is 1.96 bits per heavy atom. The number of rotatable bonds is 6. The van der Waals surface area contributed by atoms with Gasteiger partial charge in [-0.3, -0.25) is 10.1 Å². The SMILES string of the molecule is CCn1c(S[C@@H](C)C(=O)NC(=O)NC)nnc1-c1ccc(OC)cc1. The summed E-state index contributed by atoms with van der Waals surface area (Å²) in [6, 6.07) is 7.00. The van der Waals surface area contributed by atoms with Crippen LogP contribution >= 0.6 is 11.8 Å². The van der Waals surface area contributed by atoms with Gasteiger partial charge >= 0.3 is 6.03 Å². The van der Waals surface area contributed by atoms with Crippen LogP contribution in [0.2, 0.25) is 0 Å². The fourth-order valence-electron chi connectivity index (χ4n) is 2.10. The molecule has 0 aliphatic carbocycles. The molecule has 0 aliphatic heterocycles. The maximum atomic E-state index is 12.0. The highest BCUT2D eigenvalue weighted by Crippen LogP contribution is 2.27. The van der Waals surface area contributed by atoms with Crippen molar-refractivity contribution in [1.29, 1.82) is 0 Å². The predicted octanol–water partition coefficient (Wildman–Crippen LogP) is 1.91. The molecule has 3 amide bonds. The lowest BCUT2D eigenvalue weighted by Crippen LogP contribution is -2.41. The van der Waals surface area contributed by atoms with E-state index >= 15 is 0 Å². The zero-order valence-electron chi connectivity index (χ0n) is 14.6. The number of nitrogens with one attached hydrogen (secondary N) is 2. The summed E-state index contributed by atoms with van der Waals surface area (Å²) >= 11 is 1.25. The molecule has 1 aromatic heterocycles. The quantitative estimate of drug-likeness (QED) is 0.761. The van der Waals surface area contributed by atoms with Gasteiger partial charge in [-0.25, -0.2) is 4.79 Å². The maximum Gasteiger partial charge on any atom is 0.321 e. The van der Waals surface area contributed by atoms with E-state index in [9.17, 15) is 9.59 Å². The molecule has 9 heteroatoms. The highest BCUT2D eigenvalue weighted by Gasteiger charge is 2.21. The number of carbonyl (C=O) groups excluding carboxylic acids is 2. The van der Waals surface area contributed by atoms with Crippen LogP contribution in [0.1, 0.15) is 13.8 Å². The minimum atomic E-state index is -0.534. The first-order valence-corrected chi connectivity index (χ1v) is 8.65. The van der Waals surface area contributed by atoms with Crippen LogP contribution in [0.15, 0.2) is 29.4 Å². The van der Waals surface area contributed by atoms with Crippen molar-refractivity contribution in [2.24, 2.45) is 0 Å². The normalized spacial score (nSPS) is 11.7. The molecule has 2 rings (SSSR count). The van der Waals surface area contributed by atoms with Crippen molar-refractivity contribution in [2.75, 3.05) is 14.2 Å². The molecular formula is C16H21N5O3S. The average Bonchev–Trinajstić information content (AvgIpc) is 3.03. The lowest BCUT2D eigenvalue weighted by Gasteiger charge is -2.12. The molecule has 0 aliphatic rings. The fourth-order valence-corrected chi connectivity index (χ4v) is 3.02. The summed E-state index contributed by atoms with van der Waals surface area (Å²) < 4.78 is 7.09. The van der Waals surface area contributed by atoms with Crippen LogP contribution in [0.25, 0.3) is 11.4 Å². The summed E-state index contributed by atoms with van der Waals surface area (Å²) in [5.74, 6) is 1.09. The van der Waals surface area contributed by atoms with Gasteiger partial charge < -0.3 is 14.6 Å². The van der Waals surface area contributed by atoms with Gasteiger partial charge in [0.25, 0.3) is 0 Å². The summed E-state index contributed by atoms with van der Waals surface area (Å²) in [6.07, 6.45) is 0. The summed E-state index contributed by atoms with van der Waals surface area (Å²) in [4.78, 5) is 23.2. The van der Waals surface area contributed by atoms with Crippen molar-refractivity contribution in [3.8, 4) is 17.1 Å². The van der Waals surface area contributed by atoms with E-state index < -0.39 is 11.3 Å². The molecule has 0 fully saturated rings. The topological polar surface area (TPSA) is 98.1 Å². The van der Waals surface area contributed by atoms with E-state index in [0.29, 0.717) is 17.5 Å². The molecule has 1 heterocycles. The third-order valence-corrected chi connectivity index (χ3v) is 4.58. The van der Waals surface area contributed by atoms with Gasteiger partial charge in [-0.1, -0.05) is 11.8 Å². The summed E-state index contributed by atoms with van der Waals surface area (Å²) in [7, 11) is 3.07. The zero-order valence-corrected chi connectivity index (χ0v) is 15.4. The lowest BCUT2D eigenvalue weighted by molar-refractivity contribution is -0.119. The molecule has 1 atom stereocenters. The van der Waals surface area contributed by atoms with Gasteiger partial charge in [0.15, 0.2) is 11.0 Å². The van der Waals surface area contributed by atoms with Crippen molar-refractivity contribution >= 4 is 23.7 Å². The van der Waals surface area contributed by atoms with E-state index in [1.165, 1.54) is 18.8 Å². The monoisotopic (exact) mass is 363 g/mol. The van der Waals surface area contributed by atoms with Gasteiger partial charge in [-0.15, -0.1) is 10.2 Å². The van der Waals surface area contributed by atoms with Crippen molar-refractivity contribution in [3.05, 3.63) is 24.3 Å². The second kappa shape index (κ2) is 8.52. The Bertz CT molecular complexity index is 745. The van der Waals surface area contributed by atoms with Crippen LogP contribution in [-0.4, -0.2) is 46.1 Å². The van der Waals surface area contributed by atoms with E-state index in [1.54, 1.807) is 14.0 Å². The number of urea groups is 1. The Morgan fingerprint density at radius 3 is 2.52 bits per heavy atom. The van der Waals surface area contributed by atoms with Crippen LogP contribution in [0.4, 0.5) is 4.79 Å². The Hall–Kier alpha value is -2.55. The first-order valence-electron chi connectivity index (χ1n) is 7.77. The molecule has 1 aromatic carbocycles. The number of imide groups is 1. The number of hydrogen-bond donors (Lipinski definition) is 2. The molecule has 0 saturated heterocycles. The number of benzene rings is 1. The molecule has 8 nitrogen and oxygen atoms in total. The number of carbonyl (C=O) groups is 2. The first-order chi connectivity index (χ1) is 12.0. The van der Waals surface area contributed by atoms with Crippen LogP contribution in [0.3, 0.4) is 0 Å². The largest absolute Gasteiger partial charge is 0.497 e. The minimum Gasteiger partial charge on any atom is -0.497 e.